The number of benzene rings is 3. The standard InChI is InChI=1S/C29H32ClN3O6S/c1-20(2)31-29(35)21(3)32(18-22-8-7-9-23(30)16-22)28(34)19-33(40(36,37)25-10-5-4-6-11-25)24-12-13-26-27(17-24)39-15-14-38-26/h4-13,16-17,20-21H,14-15,18-19H2,1-3H3,(H,31,35). The first kappa shape index (κ1) is 29.2. The predicted molar refractivity (Wildman–Crippen MR) is 153 cm³/mol. The summed E-state index contributed by atoms with van der Waals surface area (Å²) in [6, 6.07) is 18.5. The lowest BCUT2D eigenvalue weighted by Crippen LogP contribution is -2.52. The molecule has 0 aliphatic carbocycles. The van der Waals surface area contributed by atoms with Gasteiger partial charge in [-0.1, -0.05) is 41.9 Å². The van der Waals surface area contributed by atoms with E-state index in [0.29, 0.717) is 35.3 Å². The minimum Gasteiger partial charge on any atom is -0.486 e. The summed E-state index contributed by atoms with van der Waals surface area (Å²) in [6.07, 6.45) is 0. The molecule has 4 rings (SSSR count). The number of hydrogen-bond acceptors (Lipinski definition) is 6. The Labute approximate surface area is 239 Å². The lowest BCUT2D eigenvalue weighted by Gasteiger charge is -2.32. The van der Waals surface area contributed by atoms with Gasteiger partial charge in [0.25, 0.3) is 10.0 Å². The number of nitrogens with zero attached hydrogens (tertiary/aromatic N) is 2. The molecule has 0 fully saturated rings. The number of rotatable bonds is 10. The number of sulfonamides is 1. The minimum atomic E-state index is -4.19. The molecule has 40 heavy (non-hydrogen) atoms. The van der Waals surface area contributed by atoms with Gasteiger partial charge >= 0.3 is 0 Å². The summed E-state index contributed by atoms with van der Waals surface area (Å²) < 4.78 is 40.1. The van der Waals surface area contributed by atoms with Crippen molar-refractivity contribution in [3.8, 4) is 11.5 Å². The smallest absolute Gasteiger partial charge is 0.264 e. The maximum atomic E-state index is 14.0. The van der Waals surface area contributed by atoms with Crippen molar-refractivity contribution in [2.24, 2.45) is 0 Å². The number of amides is 2. The highest BCUT2D eigenvalue weighted by Crippen LogP contribution is 2.36. The van der Waals surface area contributed by atoms with E-state index in [1.807, 2.05) is 13.8 Å². The summed E-state index contributed by atoms with van der Waals surface area (Å²) in [5.74, 6) is -0.0622. The molecule has 1 aliphatic heterocycles. The van der Waals surface area contributed by atoms with Gasteiger partial charge in [0.1, 0.15) is 25.8 Å². The molecule has 0 aromatic heterocycles. The topological polar surface area (TPSA) is 105 Å². The van der Waals surface area contributed by atoms with Crippen molar-refractivity contribution in [3.63, 3.8) is 0 Å². The van der Waals surface area contributed by atoms with E-state index in [-0.39, 0.29) is 29.1 Å². The lowest BCUT2D eigenvalue weighted by atomic mass is 10.1. The Morgan fingerprint density at radius 1 is 0.925 bits per heavy atom. The molecule has 1 N–H and O–H groups in total. The van der Waals surface area contributed by atoms with Crippen LogP contribution in [0.15, 0.2) is 77.7 Å². The SMILES string of the molecule is CC(C)NC(=O)C(C)N(Cc1cccc(Cl)c1)C(=O)CN(c1ccc2c(c1)OCCO2)S(=O)(=O)c1ccccc1. The van der Waals surface area contributed by atoms with Gasteiger partial charge in [0.15, 0.2) is 11.5 Å². The van der Waals surface area contributed by atoms with E-state index in [1.165, 1.54) is 17.0 Å². The fourth-order valence-corrected chi connectivity index (χ4v) is 5.90. The molecule has 1 unspecified atom stereocenters. The average Bonchev–Trinajstić information content (AvgIpc) is 2.94. The van der Waals surface area contributed by atoms with Crippen molar-refractivity contribution >= 4 is 39.1 Å². The Balaban J connectivity index is 1.73. The molecule has 0 bridgehead atoms. The van der Waals surface area contributed by atoms with E-state index in [0.717, 1.165) is 4.31 Å². The Kier molecular flexibility index (Phi) is 9.21. The molecule has 1 aliphatic rings. The first-order chi connectivity index (χ1) is 19.1. The van der Waals surface area contributed by atoms with E-state index in [2.05, 4.69) is 5.32 Å². The van der Waals surface area contributed by atoms with Crippen LogP contribution < -0.4 is 19.1 Å². The second kappa shape index (κ2) is 12.6. The predicted octanol–water partition coefficient (Wildman–Crippen LogP) is 4.25. The fourth-order valence-electron chi connectivity index (χ4n) is 4.26. The number of fused-ring (bicyclic) bond motifs is 1. The van der Waals surface area contributed by atoms with Crippen molar-refractivity contribution < 1.29 is 27.5 Å². The normalized spacial score (nSPS) is 13.4. The maximum absolute atomic E-state index is 14.0. The number of carbonyl (C=O) groups is 2. The van der Waals surface area contributed by atoms with Gasteiger partial charge in [-0.2, -0.15) is 0 Å². The van der Waals surface area contributed by atoms with E-state index < -0.39 is 28.5 Å². The van der Waals surface area contributed by atoms with Crippen molar-refractivity contribution in [3.05, 3.63) is 83.4 Å². The van der Waals surface area contributed by atoms with E-state index in [1.54, 1.807) is 67.6 Å². The second-order valence-corrected chi connectivity index (χ2v) is 11.9. The van der Waals surface area contributed by atoms with Crippen LogP contribution in [0.5, 0.6) is 11.5 Å². The molecular formula is C29H32ClN3O6S. The van der Waals surface area contributed by atoms with Crippen LogP contribution in [-0.2, 0) is 26.2 Å². The Hall–Kier alpha value is -3.76. The Bertz CT molecular complexity index is 1470. The van der Waals surface area contributed by atoms with Crippen LogP contribution in [0.1, 0.15) is 26.3 Å². The highest BCUT2D eigenvalue weighted by atomic mass is 35.5. The molecule has 0 radical (unpaired) electrons. The number of anilines is 1. The van der Waals surface area contributed by atoms with Crippen LogP contribution in [0.4, 0.5) is 5.69 Å². The summed E-state index contributed by atoms with van der Waals surface area (Å²) in [5, 5.41) is 3.31. The van der Waals surface area contributed by atoms with Crippen LogP contribution in [0.25, 0.3) is 0 Å². The first-order valence-electron chi connectivity index (χ1n) is 12.9. The monoisotopic (exact) mass is 585 g/mol. The third kappa shape index (κ3) is 6.86. The third-order valence-electron chi connectivity index (χ3n) is 6.26. The maximum Gasteiger partial charge on any atom is 0.264 e. The molecule has 0 spiro atoms. The largest absolute Gasteiger partial charge is 0.486 e. The van der Waals surface area contributed by atoms with Gasteiger partial charge in [-0.05, 0) is 62.7 Å². The highest BCUT2D eigenvalue weighted by Gasteiger charge is 2.33. The summed E-state index contributed by atoms with van der Waals surface area (Å²) in [4.78, 5) is 28.3. The Morgan fingerprint density at radius 2 is 1.62 bits per heavy atom. The molecule has 2 amide bonds. The van der Waals surface area contributed by atoms with Gasteiger partial charge in [0, 0.05) is 23.7 Å². The van der Waals surface area contributed by atoms with Crippen LogP contribution in [-0.4, -0.2) is 57.0 Å². The molecular weight excluding hydrogens is 554 g/mol. The summed E-state index contributed by atoms with van der Waals surface area (Å²) in [5.41, 5.74) is 0.922. The van der Waals surface area contributed by atoms with Crippen LogP contribution >= 0.6 is 11.6 Å². The molecule has 3 aromatic rings. The quantitative estimate of drug-likeness (QED) is 0.381. The molecule has 0 saturated carbocycles. The number of carbonyl (C=O) groups excluding carboxylic acids is 2. The zero-order valence-electron chi connectivity index (χ0n) is 22.5. The fraction of sp³-hybridized carbons (Fsp3) is 0.310. The first-order valence-corrected chi connectivity index (χ1v) is 14.7. The van der Waals surface area contributed by atoms with E-state index in [9.17, 15) is 18.0 Å². The lowest BCUT2D eigenvalue weighted by molar-refractivity contribution is -0.139. The molecule has 0 saturated heterocycles. The van der Waals surface area contributed by atoms with Gasteiger partial charge in [-0.25, -0.2) is 8.42 Å². The zero-order valence-corrected chi connectivity index (χ0v) is 24.1. The van der Waals surface area contributed by atoms with Crippen LogP contribution in [0.2, 0.25) is 5.02 Å². The summed E-state index contributed by atoms with van der Waals surface area (Å²) in [6.45, 7) is 5.44. The summed E-state index contributed by atoms with van der Waals surface area (Å²) in [7, 11) is -4.19. The Morgan fingerprint density at radius 3 is 2.30 bits per heavy atom. The van der Waals surface area contributed by atoms with Crippen molar-refractivity contribution in [2.45, 2.75) is 44.3 Å². The molecule has 9 nitrogen and oxygen atoms in total. The van der Waals surface area contributed by atoms with Gasteiger partial charge in [-0.15, -0.1) is 0 Å². The van der Waals surface area contributed by atoms with Gasteiger partial charge < -0.3 is 19.7 Å². The second-order valence-electron chi connectivity index (χ2n) is 9.64. The highest BCUT2D eigenvalue weighted by molar-refractivity contribution is 7.92. The van der Waals surface area contributed by atoms with E-state index in [4.69, 9.17) is 21.1 Å². The van der Waals surface area contributed by atoms with E-state index >= 15 is 0 Å². The van der Waals surface area contributed by atoms with Crippen molar-refractivity contribution in [2.75, 3.05) is 24.1 Å². The van der Waals surface area contributed by atoms with Crippen LogP contribution in [0, 0.1) is 0 Å². The number of nitrogens with one attached hydrogen (secondary N) is 1. The van der Waals surface area contributed by atoms with Crippen LogP contribution in [0.3, 0.4) is 0 Å². The third-order valence-corrected chi connectivity index (χ3v) is 8.29. The van der Waals surface area contributed by atoms with Gasteiger partial charge in [0.2, 0.25) is 11.8 Å². The summed E-state index contributed by atoms with van der Waals surface area (Å²) >= 11 is 6.18. The number of hydrogen-bond donors (Lipinski definition) is 1. The molecule has 11 heteroatoms. The zero-order chi connectivity index (χ0) is 28.9. The molecule has 1 atom stereocenters. The number of halogens is 1. The molecule has 212 valence electrons. The molecule has 3 aromatic carbocycles. The van der Waals surface area contributed by atoms with Crippen molar-refractivity contribution in [1.29, 1.82) is 0 Å². The number of ether oxygens (including phenoxy) is 2. The average molecular weight is 586 g/mol. The minimum absolute atomic E-state index is 0.0182. The van der Waals surface area contributed by atoms with Gasteiger partial charge in [0.05, 0.1) is 10.6 Å². The van der Waals surface area contributed by atoms with Gasteiger partial charge in [-0.3, -0.25) is 13.9 Å². The van der Waals surface area contributed by atoms with Crippen molar-refractivity contribution in [1.82, 2.24) is 10.2 Å². The molecule has 1 heterocycles.